The molecule has 3 N–H and O–H groups in total. The van der Waals surface area contributed by atoms with Crippen molar-refractivity contribution in [3.63, 3.8) is 0 Å². The zero-order valence-electron chi connectivity index (χ0n) is 9.41. The van der Waals surface area contributed by atoms with E-state index in [1.165, 1.54) is 6.92 Å². The van der Waals surface area contributed by atoms with Crippen molar-refractivity contribution in [2.24, 2.45) is 5.73 Å². The summed E-state index contributed by atoms with van der Waals surface area (Å²) in [5.74, 6) is -1.22. The van der Waals surface area contributed by atoms with E-state index in [-0.39, 0.29) is 5.75 Å². The van der Waals surface area contributed by atoms with Gasteiger partial charge in [0.2, 0.25) is 5.91 Å². The highest BCUT2D eigenvalue weighted by Gasteiger charge is 2.35. The van der Waals surface area contributed by atoms with Gasteiger partial charge in [-0.15, -0.1) is 0 Å². The third kappa shape index (κ3) is 3.04. The summed E-state index contributed by atoms with van der Waals surface area (Å²) in [6.45, 7) is 1.46. The topological polar surface area (TPSA) is 97.5 Å². The molecule has 0 saturated heterocycles. The summed E-state index contributed by atoms with van der Waals surface area (Å²) in [6.07, 6.45) is -1.73. The number of amides is 1. The van der Waals surface area contributed by atoms with Crippen LogP contribution >= 0.6 is 0 Å². The summed E-state index contributed by atoms with van der Waals surface area (Å²) in [4.78, 5) is 11.0. The van der Waals surface area contributed by atoms with Gasteiger partial charge in [0.05, 0.1) is 0 Å². The minimum absolute atomic E-state index is 0.170. The fourth-order valence-electron chi connectivity index (χ4n) is 1.56. The average Bonchev–Trinajstić information content (AvgIpc) is 2.30. The lowest BCUT2D eigenvalue weighted by Crippen LogP contribution is -2.38. The summed E-state index contributed by atoms with van der Waals surface area (Å²) in [5, 5.41) is 8.35. The summed E-state index contributed by atoms with van der Waals surface area (Å²) in [7, 11) is -3.61. The Morgan fingerprint density at radius 2 is 1.88 bits per heavy atom. The van der Waals surface area contributed by atoms with Gasteiger partial charge in [0.25, 0.3) is 0 Å². The molecule has 1 amide bonds. The SMILES string of the molecule is CCS(=O)(=O)C(c1ccccc1)C(O)C(N)=O. The van der Waals surface area contributed by atoms with Crippen LogP contribution in [0.4, 0.5) is 0 Å². The summed E-state index contributed by atoms with van der Waals surface area (Å²) in [5.41, 5.74) is 5.33. The molecule has 0 bridgehead atoms. The molecule has 0 saturated carbocycles. The van der Waals surface area contributed by atoms with Crippen molar-refractivity contribution in [1.29, 1.82) is 0 Å². The minimum atomic E-state index is -3.61. The van der Waals surface area contributed by atoms with E-state index in [4.69, 9.17) is 5.73 Å². The van der Waals surface area contributed by atoms with E-state index in [2.05, 4.69) is 0 Å². The number of carbonyl (C=O) groups is 1. The Bertz CT molecular complexity index is 483. The number of hydrogen-bond donors (Lipinski definition) is 2. The lowest BCUT2D eigenvalue weighted by Gasteiger charge is -2.20. The summed E-state index contributed by atoms with van der Waals surface area (Å²) in [6, 6.07) is 8.09. The standard InChI is InChI=1S/C11H15NO4S/c1-2-17(15,16)10(9(13)11(12)14)8-6-4-3-5-7-8/h3-7,9-10,13H,2H2,1H3,(H2,12,14). The quantitative estimate of drug-likeness (QED) is 0.776. The number of carbonyl (C=O) groups excluding carboxylic acids is 1. The van der Waals surface area contributed by atoms with Crippen molar-refractivity contribution >= 4 is 15.7 Å². The van der Waals surface area contributed by atoms with E-state index >= 15 is 0 Å². The molecule has 1 aromatic rings. The first kappa shape index (κ1) is 13.7. The second-order valence-electron chi connectivity index (χ2n) is 3.63. The Labute approximate surface area is 100 Å². The van der Waals surface area contributed by atoms with Crippen LogP contribution in [0.5, 0.6) is 0 Å². The molecule has 6 heteroatoms. The van der Waals surface area contributed by atoms with Gasteiger partial charge >= 0.3 is 0 Å². The Balaban J connectivity index is 3.27. The number of hydrogen-bond acceptors (Lipinski definition) is 4. The molecule has 0 aliphatic carbocycles. The number of sulfone groups is 1. The van der Waals surface area contributed by atoms with Crippen LogP contribution < -0.4 is 5.73 Å². The lowest BCUT2D eigenvalue weighted by atomic mass is 10.1. The Kier molecular flexibility index (Phi) is 4.25. The normalized spacial score (nSPS) is 15.2. The molecule has 0 aliphatic rings. The predicted octanol–water partition coefficient (Wildman–Crippen LogP) is 0.00860. The maximum atomic E-state index is 11.9. The molecule has 94 valence electrons. The minimum Gasteiger partial charge on any atom is -0.382 e. The first-order valence-corrected chi connectivity index (χ1v) is 6.85. The first-order valence-electron chi connectivity index (χ1n) is 5.14. The summed E-state index contributed by atoms with van der Waals surface area (Å²) < 4.78 is 23.8. The van der Waals surface area contributed by atoms with E-state index in [1.807, 2.05) is 0 Å². The van der Waals surface area contributed by atoms with Gasteiger partial charge in [-0.05, 0) is 5.56 Å². The Morgan fingerprint density at radius 1 is 1.35 bits per heavy atom. The van der Waals surface area contributed by atoms with E-state index in [0.29, 0.717) is 5.56 Å². The van der Waals surface area contributed by atoms with Crippen molar-refractivity contribution in [1.82, 2.24) is 0 Å². The molecule has 2 atom stereocenters. The third-order valence-electron chi connectivity index (χ3n) is 2.50. The van der Waals surface area contributed by atoms with Crippen LogP contribution in [0.3, 0.4) is 0 Å². The van der Waals surface area contributed by atoms with Crippen LogP contribution in [0.2, 0.25) is 0 Å². The molecule has 2 unspecified atom stereocenters. The highest BCUT2D eigenvalue weighted by atomic mass is 32.2. The maximum absolute atomic E-state index is 11.9. The number of benzene rings is 1. The fraction of sp³-hybridized carbons (Fsp3) is 0.364. The molecule has 17 heavy (non-hydrogen) atoms. The van der Waals surface area contributed by atoms with Crippen LogP contribution in [-0.2, 0) is 14.6 Å². The van der Waals surface area contributed by atoms with Crippen LogP contribution in [0.25, 0.3) is 0 Å². The molecule has 0 radical (unpaired) electrons. The Hall–Kier alpha value is -1.40. The van der Waals surface area contributed by atoms with Gasteiger partial charge in [0, 0.05) is 5.75 Å². The van der Waals surface area contributed by atoms with Gasteiger partial charge in [-0.3, -0.25) is 4.79 Å². The molecule has 0 spiro atoms. The predicted molar refractivity (Wildman–Crippen MR) is 63.8 cm³/mol. The van der Waals surface area contributed by atoms with Crippen LogP contribution in [0, 0.1) is 0 Å². The van der Waals surface area contributed by atoms with E-state index < -0.39 is 27.1 Å². The van der Waals surface area contributed by atoms with E-state index in [1.54, 1.807) is 30.3 Å². The van der Waals surface area contributed by atoms with Gasteiger partial charge < -0.3 is 10.8 Å². The zero-order valence-corrected chi connectivity index (χ0v) is 10.2. The van der Waals surface area contributed by atoms with Crippen LogP contribution in [0.1, 0.15) is 17.7 Å². The van der Waals surface area contributed by atoms with E-state index in [9.17, 15) is 18.3 Å². The van der Waals surface area contributed by atoms with Crippen LogP contribution in [0.15, 0.2) is 30.3 Å². The molecule has 0 heterocycles. The van der Waals surface area contributed by atoms with Crippen molar-refractivity contribution in [2.45, 2.75) is 18.3 Å². The lowest BCUT2D eigenvalue weighted by molar-refractivity contribution is -0.126. The maximum Gasteiger partial charge on any atom is 0.247 e. The fourth-order valence-corrected chi connectivity index (χ4v) is 3.02. The largest absolute Gasteiger partial charge is 0.382 e. The van der Waals surface area contributed by atoms with E-state index in [0.717, 1.165) is 0 Å². The second kappa shape index (κ2) is 5.29. The molecular weight excluding hydrogens is 242 g/mol. The number of aliphatic hydroxyl groups is 1. The second-order valence-corrected chi connectivity index (χ2v) is 6.04. The summed E-state index contributed by atoms with van der Waals surface area (Å²) >= 11 is 0. The van der Waals surface area contributed by atoms with Crippen molar-refractivity contribution in [2.75, 3.05) is 5.75 Å². The monoisotopic (exact) mass is 257 g/mol. The van der Waals surface area contributed by atoms with Crippen LogP contribution in [-0.4, -0.2) is 31.3 Å². The molecular formula is C11H15NO4S. The Morgan fingerprint density at radius 3 is 2.29 bits per heavy atom. The van der Waals surface area contributed by atoms with Gasteiger partial charge in [-0.1, -0.05) is 37.3 Å². The smallest absolute Gasteiger partial charge is 0.247 e. The number of rotatable bonds is 5. The average molecular weight is 257 g/mol. The number of primary amides is 1. The molecule has 1 aromatic carbocycles. The highest BCUT2D eigenvalue weighted by molar-refractivity contribution is 7.91. The molecule has 1 rings (SSSR count). The van der Waals surface area contributed by atoms with Gasteiger partial charge in [0.1, 0.15) is 5.25 Å². The molecule has 5 nitrogen and oxygen atoms in total. The van der Waals surface area contributed by atoms with Crippen molar-refractivity contribution in [3.8, 4) is 0 Å². The zero-order chi connectivity index (χ0) is 13.1. The van der Waals surface area contributed by atoms with Gasteiger partial charge in [-0.2, -0.15) is 0 Å². The van der Waals surface area contributed by atoms with Crippen molar-refractivity contribution in [3.05, 3.63) is 35.9 Å². The van der Waals surface area contributed by atoms with Gasteiger partial charge in [-0.25, -0.2) is 8.42 Å². The third-order valence-corrected chi connectivity index (χ3v) is 4.60. The molecule has 0 aliphatic heterocycles. The van der Waals surface area contributed by atoms with Gasteiger partial charge in [0.15, 0.2) is 15.9 Å². The first-order chi connectivity index (χ1) is 7.90. The van der Waals surface area contributed by atoms with Crippen molar-refractivity contribution < 1.29 is 18.3 Å². The molecule has 0 aromatic heterocycles. The highest BCUT2D eigenvalue weighted by Crippen LogP contribution is 2.26. The number of aliphatic hydroxyl groups excluding tert-OH is 1. The number of nitrogens with two attached hydrogens (primary N) is 1. The molecule has 0 fully saturated rings.